The van der Waals surface area contributed by atoms with Gasteiger partial charge in [0, 0.05) is 39.2 Å². The third-order valence-corrected chi connectivity index (χ3v) is 6.91. The molecular formula is C26H29BrN6OS. The summed E-state index contributed by atoms with van der Waals surface area (Å²) in [6.45, 7) is 7.30. The van der Waals surface area contributed by atoms with Crippen LogP contribution in [-0.4, -0.2) is 31.5 Å². The highest BCUT2D eigenvalue weighted by Crippen LogP contribution is 2.33. The minimum absolute atomic E-state index is 0.219. The van der Waals surface area contributed by atoms with Crippen LogP contribution in [0, 0.1) is 5.41 Å². The van der Waals surface area contributed by atoms with Crippen LogP contribution in [0.15, 0.2) is 53.5 Å². The quantitative estimate of drug-likeness (QED) is 0.256. The second kappa shape index (κ2) is 11.2. The lowest BCUT2D eigenvalue weighted by Gasteiger charge is -2.18. The van der Waals surface area contributed by atoms with Gasteiger partial charge in [-0.1, -0.05) is 36.7 Å². The number of aryl methyl sites for hydroxylation is 2. The average Bonchev–Trinajstić information content (AvgIpc) is 3.24. The molecule has 7 nitrogen and oxygen atoms in total. The van der Waals surface area contributed by atoms with Crippen molar-refractivity contribution < 1.29 is 4.74 Å². The Morgan fingerprint density at radius 1 is 1.00 bits per heavy atom. The van der Waals surface area contributed by atoms with Crippen LogP contribution in [0.25, 0.3) is 22.8 Å². The maximum Gasteiger partial charge on any atom is 0.180 e. The first-order chi connectivity index (χ1) is 16.8. The molecule has 3 heterocycles. The Hall–Kier alpha value is -2.91. The molecule has 35 heavy (non-hydrogen) atoms. The number of hydrogen-bond acceptors (Lipinski definition) is 8. The molecule has 0 saturated carbocycles. The number of benzene rings is 1. The van der Waals surface area contributed by atoms with Crippen molar-refractivity contribution in [3.8, 4) is 28.5 Å². The molecule has 4 aromatic rings. The van der Waals surface area contributed by atoms with Crippen molar-refractivity contribution in [1.29, 1.82) is 0 Å². The fraction of sp³-hybridized carbons (Fsp3) is 0.346. The molecule has 0 unspecified atom stereocenters. The van der Waals surface area contributed by atoms with Crippen molar-refractivity contribution in [1.82, 2.24) is 24.9 Å². The van der Waals surface area contributed by atoms with Crippen molar-refractivity contribution in [2.75, 3.05) is 12.3 Å². The van der Waals surface area contributed by atoms with Crippen LogP contribution in [-0.2, 0) is 12.8 Å². The van der Waals surface area contributed by atoms with Crippen molar-refractivity contribution >= 4 is 32.4 Å². The van der Waals surface area contributed by atoms with E-state index in [2.05, 4.69) is 51.7 Å². The zero-order valence-corrected chi connectivity index (χ0v) is 22.6. The van der Waals surface area contributed by atoms with E-state index in [-0.39, 0.29) is 5.41 Å². The van der Waals surface area contributed by atoms with E-state index in [0.717, 1.165) is 52.9 Å². The molecule has 0 amide bonds. The van der Waals surface area contributed by atoms with E-state index in [1.54, 1.807) is 18.6 Å². The van der Waals surface area contributed by atoms with Gasteiger partial charge in [-0.15, -0.1) is 11.3 Å². The van der Waals surface area contributed by atoms with Gasteiger partial charge < -0.3 is 10.5 Å². The molecule has 0 aliphatic rings. The zero-order chi connectivity index (χ0) is 24.8. The van der Waals surface area contributed by atoms with Crippen LogP contribution >= 0.6 is 27.3 Å². The zero-order valence-electron chi connectivity index (χ0n) is 20.2. The largest absolute Gasteiger partial charge is 0.494 e. The number of halogens is 1. The molecule has 0 radical (unpaired) electrons. The fourth-order valence-electron chi connectivity index (χ4n) is 3.44. The molecule has 9 heteroatoms. The van der Waals surface area contributed by atoms with Crippen LogP contribution in [0.4, 0.5) is 5.13 Å². The van der Waals surface area contributed by atoms with Crippen LogP contribution in [0.2, 0.25) is 0 Å². The standard InChI is InChI=1S/C26H29BrN6OS/c1-26(2,3)9-12-34-18-7-8-21(27)20(14-18)22-13-17(5-4-6-19-15-31-25(28)35-19)32-24(33-22)23-16-29-10-11-30-23/h7-8,10-11,13-16H,4-6,9,12H2,1-3H3,(H2,28,31). The lowest BCUT2D eigenvalue weighted by molar-refractivity contribution is 0.243. The number of nitrogens with zero attached hydrogens (tertiary/aromatic N) is 5. The number of nitrogens with two attached hydrogens (primary N) is 1. The fourth-order valence-corrected chi connectivity index (χ4v) is 4.62. The SMILES string of the molecule is CC(C)(C)CCOc1ccc(Br)c(-c2cc(CCCc3cnc(N)s3)nc(-c3cnccn3)n2)c1. The predicted octanol–water partition coefficient (Wildman–Crippen LogP) is 6.39. The lowest BCUT2D eigenvalue weighted by atomic mass is 9.93. The van der Waals surface area contributed by atoms with Gasteiger partial charge in [0.25, 0.3) is 0 Å². The van der Waals surface area contributed by atoms with Crippen molar-refractivity contribution in [3.05, 3.63) is 64.1 Å². The third kappa shape index (κ3) is 7.29. The van der Waals surface area contributed by atoms with Gasteiger partial charge in [0.15, 0.2) is 11.0 Å². The lowest BCUT2D eigenvalue weighted by Crippen LogP contribution is -2.11. The van der Waals surface area contributed by atoms with Crippen LogP contribution in [0.3, 0.4) is 0 Å². The molecule has 0 aliphatic heterocycles. The van der Waals surface area contributed by atoms with Gasteiger partial charge in [-0.25, -0.2) is 19.9 Å². The van der Waals surface area contributed by atoms with Gasteiger partial charge in [-0.3, -0.25) is 4.98 Å². The highest BCUT2D eigenvalue weighted by molar-refractivity contribution is 9.10. The van der Waals surface area contributed by atoms with E-state index in [9.17, 15) is 0 Å². The summed E-state index contributed by atoms with van der Waals surface area (Å²) in [5.74, 6) is 1.37. The van der Waals surface area contributed by atoms with Gasteiger partial charge in [0.05, 0.1) is 18.5 Å². The van der Waals surface area contributed by atoms with Gasteiger partial charge in [0.2, 0.25) is 0 Å². The van der Waals surface area contributed by atoms with E-state index in [1.807, 2.05) is 30.5 Å². The minimum atomic E-state index is 0.219. The highest BCUT2D eigenvalue weighted by Gasteiger charge is 2.15. The number of aromatic nitrogens is 5. The summed E-state index contributed by atoms with van der Waals surface area (Å²) in [6, 6.07) is 8.04. The maximum atomic E-state index is 6.06. The molecule has 0 aliphatic carbocycles. The van der Waals surface area contributed by atoms with E-state index in [4.69, 9.17) is 20.4 Å². The first-order valence-electron chi connectivity index (χ1n) is 11.5. The smallest absolute Gasteiger partial charge is 0.180 e. The van der Waals surface area contributed by atoms with E-state index < -0.39 is 0 Å². The number of thiazole rings is 1. The molecule has 0 bridgehead atoms. The second-order valence-corrected chi connectivity index (χ2v) is 11.5. The van der Waals surface area contributed by atoms with Crippen molar-refractivity contribution in [2.24, 2.45) is 5.41 Å². The van der Waals surface area contributed by atoms with E-state index in [0.29, 0.717) is 23.3 Å². The van der Waals surface area contributed by atoms with Gasteiger partial charge in [-0.05, 0) is 55.4 Å². The van der Waals surface area contributed by atoms with Gasteiger partial charge in [0.1, 0.15) is 11.4 Å². The number of hydrogen-bond donors (Lipinski definition) is 1. The summed E-state index contributed by atoms with van der Waals surface area (Å²) in [7, 11) is 0. The molecule has 0 saturated heterocycles. The number of nitrogen functional groups attached to an aromatic ring is 1. The predicted molar refractivity (Wildman–Crippen MR) is 144 cm³/mol. The number of anilines is 1. The summed E-state index contributed by atoms with van der Waals surface area (Å²) in [5.41, 5.74) is 9.33. The van der Waals surface area contributed by atoms with Gasteiger partial charge in [-0.2, -0.15) is 0 Å². The van der Waals surface area contributed by atoms with E-state index in [1.165, 1.54) is 16.2 Å². The maximum absolute atomic E-state index is 6.06. The summed E-state index contributed by atoms with van der Waals surface area (Å²) < 4.78 is 7.00. The molecular weight excluding hydrogens is 524 g/mol. The summed E-state index contributed by atoms with van der Waals surface area (Å²) in [4.78, 5) is 23.6. The average molecular weight is 554 g/mol. The van der Waals surface area contributed by atoms with Gasteiger partial charge >= 0.3 is 0 Å². The Morgan fingerprint density at radius 3 is 2.57 bits per heavy atom. The minimum Gasteiger partial charge on any atom is -0.494 e. The summed E-state index contributed by atoms with van der Waals surface area (Å²) in [5, 5.41) is 0.601. The Kier molecular flexibility index (Phi) is 8.07. The molecule has 182 valence electrons. The van der Waals surface area contributed by atoms with Crippen LogP contribution in [0.5, 0.6) is 5.75 Å². The second-order valence-electron chi connectivity index (χ2n) is 9.48. The summed E-state index contributed by atoms with van der Waals surface area (Å²) in [6.07, 6.45) is 10.4. The normalized spacial score (nSPS) is 11.5. The first kappa shape index (κ1) is 25.2. The molecule has 4 rings (SSSR count). The topological polar surface area (TPSA) is 99.7 Å². The molecule has 3 aromatic heterocycles. The molecule has 2 N–H and O–H groups in total. The Balaban J connectivity index is 1.61. The van der Waals surface area contributed by atoms with Crippen LogP contribution in [0.1, 0.15) is 44.2 Å². The number of ether oxygens (including phenoxy) is 1. The monoisotopic (exact) mass is 552 g/mol. The molecule has 0 fully saturated rings. The molecule has 1 aromatic carbocycles. The highest BCUT2D eigenvalue weighted by atomic mass is 79.9. The Morgan fingerprint density at radius 2 is 1.86 bits per heavy atom. The van der Waals surface area contributed by atoms with Crippen molar-refractivity contribution in [3.63, 3.8) is 0 Å². The van der Waals surface area contributed by atoms with Crippen molar-refractivity contribution in [2.45, 2.75) is 46.5 Å². The Bertz CT molecular complexity index is 1270. The molecule has 0 atom stereocenters. The summed E-state index contributed by atoms with van der Waals surface area (Å²) >= 11 is 5.23. The first-order valence-corrected chi connectivity index (χ1v) is 13.1. The number of rotatable bonds is 9. The van der Waals surface area contributed by atoms with E-state index >= 15 is 0 Å². The Labute approximate surface area is 218 Å². The van der Waals surface area contributed by atoms with Crippen LogP contribution < -0.4 is 10.5 Å². The molecule has 0 spiro atoms. The third-order valence-electron chi connectivity index (χ3n) is 5.33.